The van der Waals surface area contributed by atoms with E-state index in [0.29, 0.717) is 6.54 Å². The van der Waals surface area contributed by atoms with E-state index in [9.17, 15) is 4.79 Å². The first-order valence-electron chi connectivity index (χ1n) is 10.6. The third kappa shape index (κ3) is 4.98. The number of nitrogens with one attached hydrogen (secondary N) is 1. The Hall–Kier alpha value is -2.47. The van der Waals surface area contributed by atoms with E-state index in [1.165, 1.54) is 16.0 Å². The number of carbonyl (C=O) groups excluding carboxylic acids is 1. The molecule has 1 aliphatic rings. The minimum atomic E-state index is 0.189. The van der Waals surface area contributed by atoms with Gasteiger partial charge in [-0.05, 0) is 29.5 Å². The minimum Gasteiger partial charge on any atom is -0.339 e. The number of hydrogen-bond donors (Lipinski definition) is 1. The van der Waals surface area contributed by atoms with Crippen molar-refractivity contribution in [1.82, 2.24) is 15.1 Å². The van der Waals surface area contributed by atoms with Gasteiger partial charge >= 0.3 is 0 Å². The lowest BCUT2D eigenvalue weighted by atomic mass is 9.96. The number of rotatable bonds is 7. The summed E-state index contributed by atoms with van der Waals surface area (Å²) in [6.45, 7) is 5.79. The van der Waals surface area contributed by atoms with Crippen LogP contribution >= 0.6 is 11.3 Å². The lowest BCUT2D eigenvalue weighted by Gasteiger charge is -2.40. The molecule has 1 saturated heterocycles. The Balaban J connectivity index is 1.37. The number of amides is 1. The van der Waals surface area contributed by atoms with Crippen LogP contribution in [-0.4, -0.2) is 48.4 Å². The average Bonchev–Trinajstić information content (AvgIpc) is 3.35. The fraction of sp³-hybridized carbons (Fsp3) is 0.320. The second-order valence-electron chi connectivity index (χ2n) is 7.76. The molecular weight excluding hydrogens is 390 g/mol. The van der Waals surface area contributed by atoms with Gasteiger partial charge in [-0.15, -0.1) is 11.3 Å². The van der Waals surface area contributed by atoms with E-state index in [-0.39, 0.29) is 18.0 Å². The zero-order chi connectivity index (χ0) is 20.8. The quantitative estimate of drug-likeness (QED) is 0.619. The zero-order valence-electron chi connectivity index (χ0n) is 17.4. The van der Waals surface area contributed by atoms with Crippen molar-refractivity contribution in [2.45, 2.75) is 19.0 Å². The van der Waals surface area contributed by atoms with Crippen LogP contribution in [-0.2, 0) is 4.79 Å². The topological polar surface area (TPSA) is 35.6 Å². The van der Waals surface area contributed by atoms with Gasteiger partial charge in [0.2, 0.25) is 5.91 Å². The maximum absolute atomic E-state index is 12.7. The molecule has 1 amide bonds. The smallest absolute Gasteiger partial charge is 0.236 e. The maximum atomic E-state index is 12.7. The van der Waals surface area contributed by atoms with Crippen LogP contribution in [0.3, 0.4) is 0 Å². The van der Waals surface area contributed by atoms with Crippen LogP contribution in [0.25, 0.3) is 0 Å². The van der Waals surface area contributed by atoms with Crippen LogP contribution in [0.4, 0.5) is 0 Å². The molecule has 1 aliphatic heterocycles. The van der Waals surface area contributed by atoms with Crippen LogP contribution in [0, 0.1) is 0 Å². The fourth-order valence-electron chi connectivity index (χ4n) is 4.10. The molecule has 0 spiro atoms. The summed E-state index contributed by atoms with van der Waals surface area (Å²) < 4.78 is 0. The average molecular weight is 420 g/mol. The summed E-state index contributed by atoms with van der Waals surface area (Å²) in [7, 11) is 0. The van der Waals surface area contributed by atoms with Crippen LogP contribution in [0.15, 0.2) is 78.2 Å². The third-order valence-electron chi connectivity index (χ3n) is 5.79. The molecule has 1 unspecified atom stereocenters. The number of nitrogens with zero attached hydrogens (tertiary/aromatic N) is 2. The van der Waals surface area contributed by atoms with Gasteiger partial charge < -0.3 is 10.2 Å². The summed E-state index contributed by atoms with van der Waals surface area (Å²) in [5.74, 6) is 0.189. The van der Waals surface area contributed by atoms with Gasteiger partial charge in [-0.1, -0.05) is 66.7 Å². The Morgan fingerprint density at radius 2 is 1.50 bits per heavy atom. The highest BCUT2D eigenvalue weighted by atomic mass is 32.1. The van der Waals surface area contributed by atoms with Crippen LogP contribution in [0.2, 0.25) is 0 Å². The molecule has 1 fully saturated rings. The molecule has 0 aliphatic carbocycles. The van der Waals surface area contributed by atoms with Crippen molar-refractivity contribution < 1.29 is 4.79 Å². The van der Waals surface area contributed by atoms with E-state index in [2.05, 4.69) is 95.3 Å². The molecule has 2 aromatic carbocycles. The molecule has 4 rings (SSSR count). The largest absolute Gasteiger partial charge is 0.339 e. The molecule has 5 heteroatoms. The van der Waals surface area contributed by atoms with Gasteiger partial charge in [-0.25, -0.2) is 0 Å². The van der Waals surface area contributed by atoms with Crippen molar-refractivity contribution in [1.29, 1.82) is 0 Å². The molecule has 0 radical (unpaired) electrons. The van der Waals surface area contributed by atoms with Crippen molar-refractivity contribution in [3.8, 4) is 0 Å². The summed E-state index contributed by atoms with van der Waals surface area (Å²) in [5.41, 5.74) is 2.60. The highest BCUT2D eigenvalue weighted by molar-refractivity contribution is 7.10. The predicted octanol–water partition coefficient (Wildman–Crippen LogP) is 4.33. The lowest BCUT2D eigenvalue weighted by molar-refractivity contribution is -0.132. The summed E-state index contributed by atoms with van der Waals surface area (Å²) in [6.07, 6.45) is 0. The molecule has 4 nitrogen and oxygen atoms in total. The van der Waals surface area contributed by atoms with E-state index >= 15 is 0 Å². The fourth-order valence-corrected chi connectivity index (χ4v) is 4.86. The summed E-state index contributed by atoms with van der Waals surface area (Å²) >= 11 is 1.72. The SMILES string of the molecule is CC(NCC(=O)N1CCN(C(c2ccccc2)c2ccccc2)CC1)c1cccs1. The number of carbonyl (C=O) groups is 1. The zero-order valence-corrected chi connectivity index (χ0v) is 18.2. The van der Waals surface area contributed by atoms with Gasteiger partial charge in [0.15, 0.2) is 0 Å². The van der Waals surface area contributed by atoms with Gasteiger partial charge in [-0.2, -0.15) is 0 Å². The van der Waals surface area contributed by atoms with E-state index < -0.39 is 0 Å². The van der Waals surface area contributed by atoms with E-state index in [4.69, 9.17) is 0 Å². The molecule has 2 heterocycles. The van der Waals surface area contributed by atoms with Gasteiger partial charge in [0.25, 0.3) is 0 Å². The molecule has 1 N–H and O–H groups in total. The van der Waals surface area contributed by atoms with Crippen molar-refractivity contribution in [2.24, 2.45) is 0 Å². The molecule has 0 saturated carbocycles. The molecule has 3 aromatic rings. The van der Waals surface area contributed by atoms with Crippen molar-refractivity contribution in [2.75, 3.05) is 32.7 Å². The number of thiophene rings is 1. The van der Waals surface area contributed by atoms with Crippen LogP contribution in [0.5, 0.6) is 0 Å². The minimum absolute atomic E-state index is 0.189. The van der Waals surface area contributed by atoms with E-state index in [1.54, 1.807) is 11.3 Å². The Morgan fingerprint density at radius 3 is 2.03 bits per heavy atom. The van der Waals surface area contributed by atoms with Crippen molar-refractivity contribution in [3.05, 3.63) is 94.2 Å². The molecule has 156 valence electrons. The first-order chi connectivity index (χ1) is 14.7. The monoisotopic (exact) mass is 419 g/mol. The van der Waals surface area contributed by atoms with Gasteiger partial charge in [0.05, 0.1) is 12.6 Å². The standard InChI is InChI=1S/C25H29N3OS/c1-20(23-13-8-18-30-23)26-19-24(29)27-14-16-28(17-15-27)25(21-9-4-2-5-10-21)22-11-6-3-7-12-22/h2-13,18,20,25-26H,14-17,19H2,1H3. The van der Waals surface area contributed by atoms with Crippen molar-refractivity contribution in [3.63, 3.8) is 0 Å². The molecule has 1 atom stereocenters. The van der Waals surface area contributed by atoms with Crippen LogP contribution in [0.1, 0.15) is 35.0 Å². The second kappa shape index (κ2) is 10.0. The van der Waals surface area contributed by atoms with Gasteiger partial charge in [0, 0.05) is 37.1 Å². The Kier molecular flexibility index (Phi) is 6.95. The highest BCUT2D eigenvalue weighted by Crippen LogP contribution is 2.29. The summed E-state index contributed by atoms with van der Waals surface area (Å²) in [5, 5.41) is 5.45. The summed E-state index contributed by atoms with van der Waals surface area (Å²) in [6, 6.07) is 25.9. The molecule has 1 aromatic heterocycles. The third-order valence-corrected chi connectivity index (χ3v) is 6.85. The predicted molar refractivity (Wildman–Crippen MR) is 124 cm³/mol. The first-order valence-corrected chi connectivity index (χ1v) is 11.5. The second-order valence-corrected chi connectivity index (χ2v) is 8.74. The van der Waals surface area contributed by atoms with E-state index in [1.807, 2.05) is 4.90 Å². The van der Waals surface area contributed by atoms with E-state index in [0.717, 1.165) is 26.2 Å². The molecule has 0 bridgehead atoms. The normalized spacial score (nSPS) is 16.0. The first kappa shape index (κ1) is 20.8. The van der Waals surface area contributed by atoms with Crippen LogP contribution < -0.4 is 5.32 Å². The lowest BCUT2D eigenvalue weighted by Crippen LogP contribution is -2.51. The molecular formula is C25H29N3OS. The number of benzene rings is 2. The Bertz CT molecular complexity index is 867. The number of piperazine rings is 1. The number of hydrogen-bond acceptors (Lipinski definition) is 4. The highest BCUT2D eigenvalue weighted by Gasteiger charge is 2.28. The summed E-state index contributed by atoms with van der Waals surface area (Å²) in [4.78, 5) is 18.5. The molecule has 30 heavy (non-hydrogen) atoms. The Morgan fingerprint density at radius 1 is 0.900 bits per heavy atom. The van der Waals surface area contributed by atoms with Crippen molar-refractivity contribution >= 4 is 17.2 Å². The van der Waals surface area contributed by atoms with Gasteiger partial charge in [-0.3, -0.25) is 9.69 Å². The maximum Gasteiger partial charge on any atom is 0.236 e. The van der Waals surface area contributed by atoms with Gasteiger partial charge in [0.1, 0.15) is 0 Å². The Labute approximate surface area is 183 Å².